The second-order valence-corrected chi connectivity index (χ2v) is 8.70. The predicted octanol–water partition coefficient (Wildman–Crippen LogP) is 3.49. The van der Waals surface area contributed by atoms with Gasteiger partial charge in [-0.2, -0.15) is 0 Å². The maximum atomic E-state index is 12.3. The largest absolute Gasteiger partial charge is 0.506 e. The van der Waals surface area contributed by atoms with Crippen LogP contribution in [-0.4, -0.2) is 19.4 Å². The van der Waals surface area contributed by atoms with E-state index in [0.29, 0.717) is 5.69 Å². The van der Waals surface area contributed by atoms with Gasteiger partial charge in [-0.15, -0.1) is 11.3 Å². The summed E-state index contributed by atoms with van der Waals surface area (Å²) in [4.78, 5) is 13.3. The average molecular weight is 402 g/mol. The molecule has 140 valence electrons. The molecule has 3 rings (SSSR count). The quantitative estimate of drug-likeness (QED) is 0.550. The maximum absolute atomic E-state index is 12.3. The van der Waals surface area contributed by atoms with Gasteiger partial charge in [-0.1, -0.05) is 12.1 Å². The van der Waals surface area contributed by atoms with Crippen LogP contribution in [0.5, 0.6) is 5.75 Å². The number of amides is 1. The third-order valence-electron chi connectivity index (χ3n) is 3.84. The minimum atomic E-state index is -3.66. The first-order valence-corrected chi connectivity index (χ1v) is 10.4. The Morgan fingerprint density at radius 3 is 2.48 bits per heavy atom. The van der Waals surface area contributed by atoms with Crippen molar-refractivity contribution in [3.8, 4) is 5.75 Å². The molecule has 1 amide bonds. The molecular formula is C19H18N2O4S2. The number of carbonyl (C=O) groups excluding carboxylic acids is 1. The second kappa shape index (κ2) is 7.91. The van der Waals surface area contributed by atoms with Gasteiger partial charge in [0, 0.05) is 17.0 Å². The molecule has 8 heteroatoms. The molecule has 0 atom stereocenters. The summed E-state index contributed by atoms with van der Waals surface area (Å²) >= 11 is 1.47. The van der Waals surface area contributed by atoms with Gasteiger partial charge in [0.1, 0.15) is 5.75 Å². The zero-order valence-electron chi connectivity index (χ0n) is 14.5. The number of phenols is 1. The molecule has 0 radical (unpaired) electrons. The Hall–Kier alpha value is -2.68. The van der Waals surface area contributed by atoms with E-state index in [1.54, 1.807) is 18.2 Å². The van der Waals surface area contributed by atoms with Crippen molar-refractivity contribution >= 4 is 33.0 Å². The summed E-state index contributed by atoms with van der Waals surface area (Å²) in [5.41, 5.74) is 1.45. The smallest absolute Gasteiger partial charge is 0.255 e. The highest BCUT2D eigenvalue weighted by molar-refractivity contribution is 7.89. The van der Waals surface area contributed by atoms with Crippen molar-refractivity contribution in [2.75, 3.05) is 5.32 Å². The van der Waals surface area contributed by atoms with Crippen LogP contribution in [0.3, 0.4) is 0 Å². The fraction of sp³-hybridized carbons (Fsp3) is 0.105. The normalized spacial score (nSPS) is 11.3. The van der Waals surface area contributed by atoms with Crippen LogP contribution < -0.4 is 10.0 Å². The summed E-state index contributed by atoms with van der Waals surface area (Å²) in [5, 5.41) is 14.4. The lowest BCUT2D eigenvalue weighted by Crippen LogP contribution is -2.23. The topological polar surface area (TPSA) is 95.5 Å². The van der Waals surface area contributed by atoms with E-state index in [1.165, 1.54) is 35.6 Å². The Bertz CT molecular complexity index is 1040. The Labute approximate surface area is 161 Å². The number of phenolic OH excluding ortho intramolecular Hbond substituents is 1. The molecule has 0 fully saturated rings. The fourth-order valence-corrected chi connectivity index (χ4v) is 4.13. The Kier molecular flexibility index (Phi) is 5.59. The molecule has 0 unspecified atom stereocenters. The first kappa shape index (κ1) is 19.1. The van der Waals surface area contributed by atoms with Gasteiger partial charge in [0.2, 0.25) is 10.0 Å². The SMILES string of the molecule is Cc1ccc(NC(=O)c2ccc(S(=O)(=O)NCc3cccs3)cc2)c(O)c1. The summed E-state index contributed by atoms with van der Waals surface area (Å²) in [5.74, 6) is -0.468. The van der Waals surface area contributed by atoms with Crippen LogP contribution in [0.15, 0.2) is 64.9 Å². The van der Waals surface area contributed by atoms with Crippen molar-refractivity contribution in [2.24, 2.45) is 0 Å². The van der Waals surface area contributed by atoms with Gasteiger partial charge >= 0.3 is 0 Å². The van der Waals surface area contributed by atoms with E-state index < -0.39 is 15.9 Å². The first-order chi connectivity index (χ1) is 12.8. The second-order valence-electron chi connectivity index (χ2n) is 5.90. The van der Waals surface area contributed by atoms with Crippen LogP contribution >= 0.6 is 11.3 Å². The number of sulfonamides is 1. The number of carbonyl (C=O) groups is 1. The predicted molar refractivity (Wildman–Crippen MR) is 106 cm³/mol. The van der Waals surface area contributed by atoms with Gasteiger partial charge < -0.3 is 10.4 Å². The van der Waals surface area contributed by atoms with E-state index in [1.807, 2.05) is 24.4 Å². The minimum absolute atomic E-state index is 0.0275. The lowest BCUT2D eigenvalue weighted by molar-refractivity contribution is 0.102. The minimum Gasteiger partial charge on any atom is -0.506 e. The van der Waals surface area contributed by atoms with Crippen LogP contribution in [0.2, 0.25) is 0 Å². The molecular weight excluding hydrogens is 384 g/mol. The van der Waals surface area contributed by atoms with Crippen LogP contribution in [0.4, 0.5) is 5.69 Å². The number of thiophene rings is 1. The number of rotatable bonds is 6. The van der Waals surface area contributed by atoms with Crippen LogP contribution in [0.1, 0.15) is 20.8 Å². The highest BCUT2D eigenvalue weighted by Crippen LogP contribution is 2.24. The maximum Gasteiger partial charge on any atom is 0.255 e. The molecule has 3 N–H and O–H groups in total. The Morgan fingerprint density at radius 1 is 1.11 bits per heavy atom. The third kappa shape index (κ3) is 4.73. The summed E-state index contributed by atoms with van der Waals surface area (Å²) < 4.78 is 27.2. The van der Waals surface area contributed by atoms with E-state index >= 15 is 0 Å². The van der Waals surface area contributed by atoms with Crippen molar-refractivity contribution in [3.05, 3.63) is 76.0 Å². The van der Waals surface area contributed by atoms with Crippen molar-refractivity contribution in [2.45, 2.75) is 18.4 Å². The monoisotopic (exact) mass is 402 g/mol. The number of anilines is 1. The number of aromatic hydroxyl groups is 1. The molecule has 3 aromatic rings. The molecule has 1 heterocycles. The highest BCUT2D eigenvalue weighted by Gasteiger charge is 2.15. The summed E-state index contributed by atoms with van der Waals surface area (Å²) in [7, 11) is -3.66. The van der Waals surface area contributed by atoms with Crippen molar-refractivity contribution in [1.29, 1.82) is 0 Å². The van der Waals surface area contributed by atoms with Gasteiger partial charge in [0.05, 0.1) is 10.6 Å². The van der Waals surface area contributed by atoms with Crippen molar-refractivity contribution < 1.29 is 18.3 Å². The van der Waals surface area contributed by atoms with Crippen molar-refractivity contribution in [3.63, 3.8) is 0 Å². The third-order valence-corrected chi connectivity index (χ3v) is 6.14. The standard InChI is InChI=1S/C19H18N2O4S2/c1-13-4-9-17(18(22)11-13)21-19(23)14-5-7-16(8-6-14)27(24,25)20-12-15-3-2-10-26-15/h2-11,20,22H,12H2,1H3,(H,21,23). The van der Waals surface area contributed by atoms with E-state index in [0.717, 1.165) is 10.4 Å². The molecule has 0 saturated carbocycles. The molecule has 6 nitrogen and oxygen atoms in total. The molecule has 0 aliphatic rings. The number of benzene rings is 2. The number of hydrogen-bond donors (Lipinski definition) is 3. The van der Waals surface area contributed by atoms with E-state index in [2.05, 4.69) is 10.0 Å². The molecule has 0 saturated heterocycles. The van der Waals surface area contributed by atoms with Crippen LogP contribution in [0, 0.1) is 6.92 Å². The highest BCUT2D eigenvalue weighted by atomic mass is 32.2. The van der Waals surface area contributed by atoms with Gasteiger partial charge in [-0.3, -0.25) is 4.79 Å². The number of aryl methyl sites for hydroxylation is 1. The summed E-state index contributed by atoms with van der Waals surface area (Å²) in [6.07, 6.45) is 0. The molecule has 0 aliphatic heterocycles. The number of hydrogen-bond acceptors (Lipinski definition) is 5. The van der Waals surface area contributed by atoms with Crippen molar-refractivity contribution in [1.82, 2.24) is 4.72 Å². The number of nitrogens with one attached hydrogen (secondary N) is 2. The molecule has 0 bridgehead atoms. The van der Waals surface area contributed by atoms with Gasteiger partial charge in [0.25, 0.3) is 5.91 Å². The van der Waals surface area contributed by atoms with Gasteiger partial charge in [-0.05, 0) is 60.3 Å². The molecule has 0 spiro atoms. The Balaban J connectivity index is 1.69. The van der Waals surface area contributed by atoms with E-state index in [9.17, 15) is 18.3 Å². The molecule has 27 heavy (non-hydrogen) atoms. The zero-order valence-corrected chi connectivity index (χ0v) is 16.1. The summed E-state index contributed by atoms with van der Waals surface area (Å²) in [6, 6.07) is 14.2. The lowest BCUT2D eigenvalue weighted by Gasteiger charge is -2.09. The lowest BCUT2D eigenvalue weighted by atomic mass is 10.2. The summed E-state index contributed by atoms with van der Waals surface area (Å²) in [6.45, 7) is 2.05. The van der Waals surface area contributed by atoms with E-state index in [-0.39, 0.29) is 22.8 Å². The molecule has 0 aliphatic carbocycles. The van der Waals surface area contributed by atoms with Crippen LogP contribution in [-0.2, 0) is 16.6 Å². The fourth-order valence-electron chi connectivity index (χ4n) is 2.39. The van der Waals surface area contributed by atoms with E-state index in [4.69, 9.17) is 0 Å². The van der Waals surface area contributed by atoms with Gasteiger partial charge in [-0.25, -0.2) is 13.1 Å². The van der Waals surface area contributed by atoms with Crippen LogP contribution in [0.25, 0.3) is 0 Å². The average Bonchev–Trinajstić information content (AvgIpc) is 3.16. The Morgan fingerprint density at radius 2 is 1.85 bits per heavy atom. The molecule has 2 aromatic carbocycles. The van der Waals surface area contributed by atoms with Gasteiger partial charge in [0.15, 0.2) is 0 Å². The molecule has 1 aromatic heterocycles. The zero-order chi connectivity index (χ0) is 19.4. The first-order valence-electron chi connectivity index (χ1n) is 8.08.